The summed E-state index contributed by atoms with van der Waals surface area (Å²) in [5.41, 5.74) is 6.76. The number of anilines is 1. The highest BCUT2D eigenvalue weighted by atomic mass is 35.5. The fourth-order valence-corrected chi connectivity index (χ4v) is 2.64. The second kappa shape index (κ2) is 5.72. The molecule has 0 spiro atoms. The molecule has 0 bridgehead atoms. The van der Waals surface area contributed by atoms with Gasteiger partial charge in [-0.05, 0) is 43.9 Å². The Bertz CT molecular complexity index is 441. The summed E-state index contributed by atoms with van der Waals surface area (Å²) < 4.78 is 5.48. The van der Waals surface area contributed by atoms with Crippen molar-refractivity contribution in [1.29, 1.82) is 0 Å². The monoisotopic (exact) mass is 267 g/mol. The van der Waals surface area contributed by atoms with E-state index in [1.165, 1.54) is 0 Å². The molecule has 0 unspecified atom stereocenters. The summed E-state index contributed by atoms with van der Waals surface area (Å²) in [5.74, 6) is 0.530. The first-order valence-corrected chi connectivity index (χ1v) is 6.67. The molecule has 1 saturated carbocycles. The first-order valence-electron chi connectivity index (χ1n) is 6.30. The molecule has 0 aromatic heterocycles. The number of hydrogen-bond donors (Lipinski definition) is 1. The van der Waals surface area contributed by atoms with Crippen LogP contribution in [-0.2, 0) is 4.74 Å². The van der Waals surface area contributed by atoms with Crippen LogP contribution in [0.25, 0.3) is 0 Å². The predicted molar refractivity (Wildman–Crippen MR) is 72.9 cm³/mol. The minimum absolute atomic E-state index is 0.0972. The van der Waals surface area contributed by atoms with Gasteiger partial charge in [-0.15, -0.1) is 0 Å². The van der Waals surface area contributed by atoms with E-state index in [4.69, 9.17) is 22.1 Å². The summed E-state index contributed by atoms with van der Waals surface area (Å²) in [4.78, 5) is 12.1. The van der Waals surface area contributed by atoms with E-state index in [0.717, 1.165) is 19.4 Å². The number of hydrogen-bond acceptors (Lipinski definition) is 3. The van der Waals surface area contributed by atoms with Gasteiger partial charge in [-0.2, -0.15) is 0 Å². The summed E-state index contributed by atoms with van der Waals surface area (Å²) in [6, 6.07) is 5.04. The molecule has 1 aromatic rings. The lowest BCUT2D eigenvalue weighted by Crippen LogP contribution is -2.32. The van der Waals surface area contributed by atoms with Gasteiger partial charge in [0.05, 0.1) is 11.1 Å². The Labute approximate surface area is 112 Å². The van der Waals surface area contributed by atoms with Crippen molar-refractivity contribution in [1.82, 2.24) is 0 Å². The average molecular weight is 268 g/mol. The van der Waals surface area contributed by atoms with Crippen LogP contribution >= 0.6 is 11.6 Å². The molecule has 98 valence electrons. The van der Waals surface area contributed by atoms with Gasteiger partial charge in [0.15, 0.2) is 5.78 Å². The van der Waals surface area contributed by atoms with Crippen molar-refractivity contribution in [3.63, 3.8) is 0 Å². The first kappa shape index (κ1) is 13.4. The summed E-state index contributed by atoms with van der Waals surface area (Å²) in [6.07, 6.45) is 2.85. The standard InChI is InChI=1S/C14H18ClNO2/c1-2-18-11-5-9(6-11)7-14(17)12-4-3-10(16)8-13(12)15/h3-4,8-9,11H,2,5-7,16H2,1H3. The van der Waals surface area contributed by atoms with Crippen LogP contribution in [0.5, 0.6) is 0 Å². The fraction of sp³-hybridized carbons (Fsp3) is 0.500. The Morgan fingerprint density at radius 2 is 2.22 bits per heavy atom. The Morgan fingerprint density at radius 1 is 1.50 bits per heavy atom. The van der Waals surface area contributed by atoms with E-state index in [-0.39, 0.29) is 5.78 Å². The number of Topliss-reactive ketones (excluding diaryl/α,β-unsaturated/α-hetero) is 1. The maximum absolute atomic E-state index is 12.1. The maximum atomic E-state index is 12.1. The lowest BCUT2D eigenvalue weighted by Gasteiger charge is -2.34. The molecule has 0 atom stereocenters. The minimum Gasteiger partial charge on any atom is -0.399 e. The number of carbonyl (C=O) groups is 1. The molecule has 1 aliphatic rings. The third-order valence-electron chi connectivity index (χ3n) is 3.36. The number of halogens is 1. The van der Waals surface area contributed by atoms with Crippen LogP contribution in [0.3, 0.4) is 0 Å². The maximum Gasteiger partial charge on any atom is 0.164 e. The quantitative estimate of drug-likeness (QED) is 0.658. The zero-order chi connectivity index (χ0) is 13.1. The third kappa shape index (κ3) is 3.03. The molecule has 1 aliphatic carbocycles. The number of benzene rings is 1. The van der Waals surface area contributed by atoms with Crippen molar-refractivity contribution in [2.45, 2.75) is 32.3 Å². The molecule has 0 heterocycles. The van der Waals surface area contributed by atoms with Crippen LogP contribution in [0.1, 0.15) is 36.5 Å². The van der Waals surface area contributed by atoms with Gasteiger partial charge in [-0.3, -0.25) is 4.79 Å². The summed E-state index contributed by atoms with van der Waals surface area (Å²) >= 11 is 6.02. The number of nitrogen functional groups attached to an aromatic ring is 1. The van der Waals surface area contributed by atoms with Crippen LogP contribution < -0.4 is 5.73 Å². The molecule has 0 amide bonds. The molecule has 0 saturated heterocycles. The second-order valence-electron chi connectivity index (χ2n) is 4.78. The third-order valence-corrected chi connectivity index (χ3v) is 3.68. The molecule has 2 N–H and O–H groups in total. The van der Waals surface area contributed by atoms with E-state index in [0.29, 0.717) is 34.7 Å². The Balaban J connectivity index is 1.89. The first-order chi connectivity index (χ1) is 8.60. The van der Waals surface area contributed by atoms with Crippen LogP contribution in [-0.4, -0.2) is 18.5 Å². The summed E-state index contributed by atoms with van der Waals surface area (Å²) in [5, 5.41) is 0.445. The van der Waals surface area contributed by atoms with E-state index >= 15 is 0 Å². The number of carbonyl (C=O) groups excluding carboxylic acids is 1. The molecule has 18 heavy (non-hydrogen) atoms. The lowest BCUT2D eigenvalue weighted by molar-refractivity contribution is -0.0246. The number of nitrogens with two attached hydrogens (primary N) is 1. The van der Waals surface area contributed by atoms with Gasteiger partial charge < -0.3 is 10.5 Å². The molecular weight excluding hydrogens is 250 g/mol. The number of rotatable bonds is 5. The summed E-state index contributed by atoms with van der Waals surface area (Å²) in [7, 11) is 0. The smallest absolute Gasteiger partial charge is 0.164 e. The number of ether oxygens (including phenoxy) is 1. The Kier molecular flexibility index (Phi) is 4.25. The van der Waals surface area contributed by atoms with Gasteiger partial charge in [0.1, 0.15) is 0 Å². The fourth-order valence-electron chi connectivity index (χ4n) is 2.34. The highest BCUT2D eigenvalue weighted by Crippen LogP contribution is 2.34. The predicted octanol–water partition coefficient (Wildman–Crippen LogP) is 3.31. The van der Waals surface area contributed by atoms with Crippen molar-refractivity contribution in [2.75, 3.05) is 12.3 Å². The van der Waals surface area contributed by atoms with Gasteiger partial charge in [0.25, 0.3) is 0 Å². The molecule has 2 rings (SSSR count). The molecule has 1 fully saturated rings. The van der Waals surface area contributed by atoms with E-state index in [1.807, 2.05) is 6.92 Å². The van der Waals surface area contributed by atoms with E-state index in [9.17, 15) is 4.79 Å². The normalized spacial score (nSPS) is 22.6. The number of ketones is 1. The largest absolute Gasteiger partial charge is 0.399 e. The van der Waals surface area contributed by atoms with Crippen LogP contribution in [0.15, 0.2) is 18.2 Å². The Hall–Kier alpha value is -1.06. The molecule has 3 nitrogen and oxygen atoms in total. The molecular formula is C14H18ClNO2. The summed E-state index contributed by atoms with van der Waals surface area (Å²) in [6.45, 7) is 2.74. The molecule has 0 aliphatic heterocycles. The zero-order valence-electron chi connectivity index (χ0n) is 10.5. The van der Waals surface area contributed by atoms with Gasteiger partial charge in [0, 0.05) is 24.3 Å². The van der Waals surface area contributed by atoms with Gasteiger partial charge in [0.2, 0.25) is 0 Å². The lowest BCUT2D eigenvalue weighted by atomic mass is 9.78. The van der Waals surface area contributed by atoms with E-state index in [2.05, 4.69) is 0 Å². The van der Waals surface area contributed by atoms with E-state index < -0.39 is 0 Å². The zero-order valence-corrected chi connectivity index (χ0v) is 11.2. The van der Waals surface area contributed by atoms with Crippen molar-refractivity contribution in [3.05, 3.63) is 28.8 Å². The van der Waals surface area contributed by atoms with Crippen LogP contribution in [0.4, 0.5) is 5.69 Å². The van der Waals surface area contributed by atoms with Crippen molar-refractivity contribution in [3.8, 4) is 0 Å². The van der Waals surface area contributed by atoms with Gasteiger partial charge in [-0.25, -0.2) is 0 Å². The second-order valence-corrected chi connectivity index (χ2v) is 5.19. The Morgan fingerprint density at radius 3 is 2.83 bits per heavy atom. The van der Waals surface area contributed by atoms with E-state index in [1.54, 1.807) is 18.2 Å². The molecule has 4 heteroatoms. The average Bonchev–Trinajstić information content (AvgIpc) is 2.26. The highest BCUT2D eigenvalue weighted by molar-refractivity contribution is 6.34. The topological polar surface area (TPSA) is 52.3 Å². The van der Waals surface area contributed by atoms with Crippen molar-refractivity contribution in [2.24, 2.45) is 5.92 Å². The molecule has 1 aromatic carbocycles. The SMILES string of the molecule is CCOC1CC(CC(=O)c2ccc(N)cc2Cl)C1. The minimum atomic E-state index is 0.0972. The highest BCUT2D eigenvalue weighted by Gasteiger charge is 2.31. The van der Waals surface area contributed by atoms with Crippen LogP contribution in [0, 0.1) is 5.92 Å². The van der Waals surface area contributed by atoms with Crippen molar-refractivity contribution >= 4 is 23.1 Å². The van der Waals surface area contributed by atoms with Crippen LogP contribution in [0.2, 0.25) is 5.02 Å². The van der Waals surface area contributed by atoms with Crippen molar-refractivity contribution < 1.29 is 9.53 Å². The van der Waals surface area contributed by atoms with Gasteiger partial charge in [-0.1, -0.05) is 11.6 Å². The molecule has 0 radical (unpaired) electrons. The van der Waals surface area contributed by atoms with Gasteiger partial charge >= 0.3 is 0 Å².